The minimum atomic E-state index is -2.54. The fourth-order valence-corrected chi connectivity index (χ4v) is 5.64. The van der Waals surface area contributed by atoms with Gasteiger partial charge in [-0.25, -0.2) is 13.5 Å². The highest BCUT2D eigenvalue weighted by molar-refractivity contribution is 7.81. The molecule has 1 atom stereocenters. The van der Waals surface area contributed by atoms with Crippen LogP contribution in [0, 0.1) is 13.8 Å². The first-order chi connectivity index (χ1) is 18.9. The summed E-state index contributed by atoms with van der Waals surface area (Å²) in [5, 5.41) is 1.19. The van der Waals surface area contributed by atoms with Gasteiger partial charge >= 0.3 is 0 Å². The van der Waals surface area contributed by atoms with Gasteiger partial charge < -0.3 is 4.57 Å². The SMILES string of the molecule is CCCc1cc2c(C)cc(C)nc2n1Cc1ccc(-c2ccccc2N(C(=O)c2ccccc2)S(=O)O)cc1. The van der Waals surface area contributed by atoms with Crippen LogP contribution in [0.1, 0.15) is 46.2 Å². The molecule has 39 heavy (non-hydrogen) atoms. The molecule has 6 nitrogen and oxygen atoms in total. The lowest BCUT2D eigenvalue weighted by Gasteiger charge is -2.21. The quantitative estimate of drug-likeness (QED) is 0.214. The van der Waals surface area contributed by atoms with Gasteiger partial charge in [0.15, 0.2) is 0 Å². The summed E-state index contributed by atoms with van der Waals surface area (Å²) in [5.41, 5.74) is 7.89. The van der Waals surface area contributed by atoms with E-state index in [4.69, 9.17) is 4.98 Å². The minimum absolute atomic E-state index is 0.339. The topological polar surface area (TPSA) is 75.4 Å². The van der Waals surface area contributed by atoms with Crippen LogP contribution in [-0.2, 0) is 24.2 Å². The smallest absolute Gasteiger partial charge is 0.272 e. The largest absolute Gasteiger partial charge is 0.325 e. The Kier molecular flexibility index (Phi) is 7.72. The molecule has 5 aromatic rings. The molecule has 1 unspecified atom stereocenters. The molecule has 0 saturated carbocycles. The standard InChI is InChI=1S/C32H31N3O3S/c1-4-10-27-20-29-22(2)19-23(3)33-31(29)34(27)21-24-15-17-25(18-16-24)28-13-8-9-14-30(28)35(39(37)38)32(36)26-11-6-5-7-12-26/h5-9,11-20H,4,10,21H2,1-3H3,(H,37,38). The van der Waals surface area contributed by atoms with Crippen molar-refractivity contribution in [2.75, 3.05) is 4.31 Å². The molecule has 2 aromatic heterocycles. The summed E-state index contributed by atoms with van der Waals surface area (Å²) in [6.07, 6.45) is 2.03. The molecule has 198 valence electrons. The van der Waals surface area contributed by atoms with Gasteiger partial charge in [0, 0.05) is 34.4 Å². The van der Waals surface area contributed by atoms with Gasteiger partial charge in [0.1, 0.15) is 5.65 Å². The number of aryl methyl sites for hydroxylation is 3. The van der Waals surface area contributed by atoms with Crippen LogP contribution in [0.5, 0.6) is 0 Å². The molecule has 1 N–H and O–H groups in total. The zero-order chi connectivity index (χ0) is 27.5. The van der Waals surface area contributed by atoms with Crippen molar-refractivity contribution < 1.29 is 13.6 Å². The van der Waals surface area contributed by atoms with E-state index < -0.39 is 17.2 Å². The fraction of sp³-hybridized carbons (Fsp3) is 0.188. The highest BCUT2D eigenvalue weighted by Crippen LogP contribution is 2.33. The van der Waals surface area contributed by atoms with Gasteiger partial charge in [0.05, 0.1) is 5.69 Å². The van der Waals surface area contributed by atoms with E-state index in [1.54, 1.807) is 42.5 Å². The summed E-state index contributed by atoms with van der Waals surface area (Å²) in [5.74, 6) is -0.540. The number of benzene rings is 3. The van der Waals surface area contributed by atoms with E-state index in [0.29, 0.717) is 23.4 Å². The molecule has 0 bridgehead atoms. The van der Waals surface area contributed by atoms with Gasteiger partial charge in [0.25, 0.3) is 17.2 Å². The van der Waals surface area contributed by atoms with E-state index in [9.17, 15) is 13.6 Å². The molecule has 7 heteroatoms. The minimum Gasteiger partial charge on any atom is -0.325 e. The highest BCUT2D eigenvalue weighted by atomic mass is 32.2. The molecule has 3 aromatic carbocycles. The van der Waals surface area contributed by atoms with Crippen LogP contribution in [0.2, 0.25) is 0 Å². The van der Waals surface area contributed by atoms with Gasteiger partial charge in [-0.1, -0.05) is 74.0 Å². The van der Waals surface area contributed by atoms with Crippen LogP contribution < -0.4 is 4.31 Å². The number of fused-ring (bicyclic) bond motifs is 1. The van der Waals surface area contributed by atoms with Crippen molar-refractivity contribution in [3.63, 3.8) is 0 Å². The van der Waals surface area contributed by atoms with E-state index in [-0.39, 0.29) is 0 Å². The number of aromatic nitrogens is 2. The van der Waals surface area contributed by atoms with Gasteiger partial charge in [-0.3, -0.25) is 9.35 Å². The average Bonchev–Trinajstić information content (AvgIpc) is 3.27. The Balaban J connectivity index is 1.50. The first kappa shape index (κ1) is 26.5. The van der Waals surface area contributed by atoms with Crippen molar-refractivity contribution in [3.8, 4) is 11.1 Å². The third kappa shape index (κ3) is 5.41. The molecule has 0 radical (unpaired) electrons. The predicted octanol–water partition coefficient (Wildman–Crippen LogP) is 7.10. The molecule has 0 aliphatic carbocycles. The Morgan fingerprint density at radius 1 is 0.949 bits per heavy atom. The lowest BCUT2D eigenvalue weighted by Crippen LogP contribution is -2.32. The third-order valence-corrected chi connectivity index (χ3v) is 7.56. The third-order valence-electron chi connectivity index (χ3n) is 6.88. The Hall–Kier alpha value is -4.07. The molecular formula is C32H31N3O3S. The number of pyridine rings is 1. The number of nitrogens with zero attached hydrogens (tertiary/aromatic N) is 3. The maximum atomic E-state index is 13.2. The number of para-hydroxylation sites is 1. The van der Waals surface area contributed by atoms with Crippen LogP contribution in [-0.4, -0.2) is 24.2 Å². The van der Waals surface area contributed by atoms with Crippen molar-refractivity contribution in [3.05, 3.63) is 119 Å². The lowest BCUT2D eigenvalue weighted by molar-refractivity contribution is 0.100. The molecule has 0 saturated heterocycles. The Morgan fingerprint density at radius 3 is 2.33 bits per heavy atom. The summed E-state index contributed by atoms with van der Waals surface area (Å²) >= 11 is -2.54. The zero-order valence-corrected chi connectivity index (χ0v) is 23.1. The van der Waals surface area contributed by atoms with Crippen molar-refractivity contribution in [2.45, 2.75) is 40.2 Å². The number of amides is 1. The summed E-state index contributed by atoms with van der Waals surface area (Å²) < 4.78 is 25.7. The monoisotopic (exact) mass is 537 g/mol. The molecule has 0 fully saturated rings. The van der Waals surface area contributed by atoms with E-state index in [0.717, 1.165) is 39.6 Å². The number of rotatable bonds is 8. The van der Waals surface area contributed by atoms with Crippen LogP contribution in [0.25, 0.3) is 22.2 Å². The van der Waals surface area contributed by atoms with E-state index in [1.165, 1.54) is 16.6 Å². The van der Waals surface area contributed by atoms with Gasteiger partial charge in [-0.05, 0) is 67.3 Å². The molecular weight excluding hydrogens is 506 g/mol. The van der Waals surface area contributed by atoms with Crippen LogP contribution in [0.4, 0.5) is 5.69 Å². The van der Waals surface area contributed by atoms with Crippen molar-refractivity contribution in [1.82, 2.24) is 9.55 Å². The van der Waals surface area contributed by atoms with E-state index >= 15 is 0 Å². The maximum Gasteiger partial charge on any atom is 0.272 e. The summed E-state index contributed by atoms with van der Waals surface area (Å²) in [6.45, 7) is 7.04. The summed E-state index contributed by atoms with van der Waals surface area (Å²) in [7, 11) is 0. The Bertz CT molecular complexity index is 1660. The van der Waals surface area contributed by atoms with E-state index in [1.807, 2.05) is 31.2 Å². The van der Waals surface area contributed by atoms with E-state index in [2.05, 4.69) is 42.7 Å². The summed E-state index contributed by atoms with van der Waals surface area (Å²) in [4.78, 5) is 18.1. The highest BCUT2D eigenvalue weighted by Gasteiger charge is 2.25. The Morgan fingerprint density at radius 2 is 1.64 bits per heavy atom. The van der Waals surface area contributed by atoms with Crippen LogP contribution in [0.3, 0.4) is 0 Å². The molecule has 0 spiro atoms. The molecule has 0 aliphatic heterocycles. The number of anilines is 1. The fourth-order valence-electron chi connectivity index (χ4n) is 5.06. The van der Waals surface area contributed by atoms with Gasteiger partial charge in [0.2, 0.25) is 0 Å². The molecule has 1 amide bonds. The predicted molar refractivity (Wildman–Crippen MR) is 158 cm³/mol. The lowest BCUT2D eigenvalue weighted by atomic mass is 10.0. The maximum absolute atomic E-state index is 13.2. The second-order valence-corrected chi connectivity index (χ2v) is 10.5. The van der Waals surface area contributed by atoms with Crippen LogP contribution in [0.15, 0.2) is 91.0 Å². The average molecular weight is 538 g/mol. The van der Waals surface area contributed by atoms with Gasteiger partial charge in [-0.2, -0.15) is 0 Å². The van der Waals surface area contributed by atoms with Crippen molar-refractivity contribution >= 4 is 33.9 Å². The molecule has 0 aliphatic rings. The number of carbonyl (C=O) groups is 1. The number of hydrogen-bond donors (Lipinski definition) is 1. The van der Waals surface area contributed by atoms with Crippen LogP contribution >= 0.6 is 0 Å². The van der Waals surface area contributed by atoms with Crippen molar-refractivity contribution in [1.29, 1.82) is 0 Å². The second-order valence-electron chi connectivity index (χ2n) is 9.70. The zero-order valence-electron chi connectivity index (χ0n) is 22.3. The van der Waals surface area contributed by atoms with Crippen molar-refractivity contribution in [2.24, 2.45) is 0 Å². The molecule has 5 rings (SSSR count). The first-order valence-corrected chi connectivity index (χ1v) is 14.1. The van der Waals surface area contributed by atoms with Gasteiger partial charge in [-0.15, -0.1) is 0 Å². The normalized spacial score (nSPS) is 12.0. The summed E-state index contributed by atoms with van der Waals surface area (Å²) in [6, 6.07) is 28.2. The molecule has 2 heterocycles. The Labute approximate surface area is 231 Å². The first-order valence-electron chi connectivity index (χ1n) is 13.0. The number of carbonyl (C=O) groups excluding carboxylic acids is 1. The second kappa shape index (κ2) is 11.4. The number of hydrogen-bond acceptors (Lipinski definition) is 3.